The summed E-state index contributed by atoms with van der Waals surface area (Å²) in [6.07, 6.45) is -2.60. The topological polar surface area (TPSA) is 59.3 Å². The van der Waals surface area contributed by atoms with E-state index in [1.807, 2.05) is 12.1 Å². The van der Waals surface area contributed by atoms with Gasteiger partial charge in [0.2, 0.25) is 5.91 Å². The molecule has 1 aromatic carbocycles. The number of hydrogen-bond acceptors (Lipinski definition) is 3. The first-order chi connectivity index (χ1) is 11.8. The largest absolute Gasteiger partial charge is 0.416 e. The number of amides is 1. The van der Waals surface area contributed by atoms with E-state index in [4.69, 9.17) is 0 Å². The van der Waals surface area contributed by atoms with Gasteiger partial charge in [0.1, 0.15) is 0 Å². The number of nitrogens with one attached hydrogen (secondary N) is 1. The van der Waals surface area contributed by atoms with Crippen LogP contribution in [0.1, 0.15) is 29.9 Å². The third-order valence-corrected chi connectivity index (χ3v) is 3.75. The van der Waals surface area contributed by atoms with E-state index in [2.05, 4.69) is 15.5 Å². The fourth-order valence-corrected chi connectivity index (χ4v) is 2.51. The SMILES string of the molecule is CC(NC(=O)Cc1ccc(C(F)(F)F)cc1)c1nnc2ccccn12. The van der Waals surface area contributed by atoms with Crippen molar-refractivity contribution in [2.45, 2.75) is 25.6 Å². The summed E-state index contributed by atoms with van der Waals surface area (Å²) in [7, 11) is 0. The number of alkyl halides is 3. The summed E-state index contributed by atoms with van der Waals surface area (Å²) < 4.78 is 39.4. The Balaban J connectivity index is 1.66. The number of fused-ring (bicyclic) bond motifs is 1. The minimum atomic E-state index is -4.38. The lowest BCUT2D eigenvalue weighted by molar-refractivity contribution is -0.137. The number of carbonyl (C=O) groups excluding carboxylic acids is 1. The number of nitrogens with zero attached hydrogens (tertiary/aromatic N) is 3. The molecule has 5 nitrogen and oxygen atoms in total. The molecule has 1 unspecified atom stereocenters. The number of pyridine rings is 1. The predicted molar refractivity (Wildman–Crippen MR) is 84.7 cm³/mol. The zero-order chi connectivity index (χ0) is 18.0. The van der Waals surface area contributed by atoms with Crippen molar-refractivity contribution in [3.63, 3.8) is 0 Å². The Hall–Kier alpha value is -2.90. The van der Waals surface area contributed by atoms with Crippen LogP contribution in [0, 0.1) is 0 Å². The fraction of sp³-hybridized carbons (Fsp3) is 0.235. The van der Waals surface area contributed by atoms with Crippen LogP contribution in [0.4, 0.5) is 13.2 Å². The molecular weight excluding hydrogens is 333 g/mol. The molecule has 2 aromatic heterocycles. The zero-order valence-electron chi connectivity index (χ0n) is 13.3. The maximum absolute atomic E-state index is 12.5. The van der Waals surface area contributed by atoms with Crippen molar-refractivity contribution >= 4 is 11.6 Å². The van der Waals surface area contributed by atoms with Gasteiger partial charge in [0, 0.05) is 6.20 Å². The molecule has 3 aromatic rings. The van der Waals surface area contributed by atoms with E-state index in [1.54, 1.807) is 23.6 Å². The summed E-state index contributed by atoms with van der Waals surface area (Å²) in [5.74, 6) is 0.274. The smallest absolute Gasteiger partial charge is 0.346 e. The molecule has 2 heterocycles. The first-order valence-electron chi connectivity index (χ1n) is 7.60. The lowest BCUT2D eigenvalue weighted by Gasteiger charge is -2.13. The lowest BCUT2D eigenvalue weighted by atomic mass is 10.1. The van der Waals surface area contributed by atoms with Gasteiger partial charge < -0.3 is 5.32 Å². The number of hydrogen-bond donors (Lipinski definition) is 1. The highest BCUT2D eigenvalue weighted by atomic mass is 19.4. The van der Waals surface area contributed by atoms with Crippen LogP contribution in [0.15, 0.2) is 48.7 Å². The molecule has 1 amide bonds. The van der Waals surface area contributed by atoms with Crippen LogP contribution < -0.4 is 5.32 Å². The summed E-state index contributed by atoms with van der Waals surface area (Å²) in [6.45, 7) is 1.77. The Morgan fingerprint density at radius 3 is 2.56 bits per heavy atom. The molecular formula is C17H15F3N4O. The van der Waals surface area contributed by atoms with Crippen molar-refractivity contribution in [1.29, 1.82) is 0 Å². The third-order valence-electron chi connectivity index (χ3n) is 3.75. The van der Waals surface area contributed by atoms with Crippen LogP contribution in [-0.4, -0.2) is 20.5 Å². The van der Waals surface area contributed by atoms with Crippen molar-refractivity contribution in [3.05, 3.63) is 65.6 Å². The number of carbonyl (C=O) groups is 1. The fourth-order valence-electron chi connectivity index (χ4n) is 2.51. The van der Waals surface area contributed by atoms with Gasteiger partial charge in [-0.15, -0.1) is 10.2 Å². The molecule has 25 heavy (non-hydrogen) atoms. The van der Waals surface area contributed by atoms with E-state index in [1.165, 1.54) is 12.1 Å². The van der Waals surface area contributed by atoms with E-state index in [0.29, 0.717) is 17.0 Å². The summed E-state index contributed by atoms with van der Waals surface area (Å²) in [4.78, 5) is 12.1. The Labute approximate surface area is 141 Å². The summed E-state index contributed by atoms with van der Waals surface area (Å²) >= 11 is 0. The van der Waals surface area contributed by atoms with Crippen molar-refractivity contribution in [3.8, 4) is 0 Å². The molecule has 0 aliphatic rings. The Kier molecular flexibility index (Phi) is 4.43. The van der Waals surface area contributed by atoms with Crippen LogP contribution >= 0.6 is 0 Å². The maximum atomic E-state index is 12.5. The molecule has 0 aliphatic carbocycles. The average Bonchev–Trinajstić information content (AvgIpc) is 2.98. The minimum Gasteiger partial charge on any atom is -0.346 e. The van der Waals surface area contributed by atoms with Crippen LogP contribution in [0.5, 0.6) is 0 Å². The molecule has 8 heteroatoms. The molecule has 0 bridgehead atoms. The maximum Gasteiger partial charge on any atom is 0.416 e. The predicted octanol–water partition coefficient (Wildman–Crippen LogP) is 3.17. The first kappa shape index (κ1) is 16.9. The number of halogens is 3. The number of rotatable bonds is 4. The number of aromatic nitrogens is 3. The second kappa shape index (κ2) is 6.54. The van der Waals surface area contributed by atoms with Gasteiger partial charge in [0.15, 0.2) is 11.5 Å². The van der Waals surface area contributed by atoms with Crippen molar-refractivity contribution in [2.75, 3.05) is 0 Å². The molecule has 130 valence electrons. The van der Waals surface area contributed by atoms with Crippen molar-refractivity contribution in [1.82, 2.24) is 19.9 Å². The van der Waals surface area contributed by atoms with Crippen molar-refractivity contribution < 1.29 is 18.0 Å². The Morgan fingerprint density at radius 1 is 1.16 bits per heavy atom. The summed E-state index contributed by atoms with van der Waals surface area (Å²) in [5, 5.41) is 10.9. The normalized spacial score (nSPS) is 13.0. The first-order valence-corrected chi connectivity index (χ1v) is 7.60. The molecule has 0 saturated carbocycles. The zero-order valence-corrected chi connectivity index (χ0v) is 13.3. The molecule has 1 atom stereocenters. The highest BCUT2D eigenvalue weighted by Gasteiger charge is 2.30. The van der Waals surface area contributed by atoms with Gasteiger partial charge in [-0.1, -0.05) is 18.2 Å². The molecule has 0 spiro atoms. The van der Waals surface area contributed by atoms with E-state index in [9.17, 15) is 18.0 Å². The van der Waals surface area contributed by atoms with E-state index < -0.39 is 11.7 Å². The van der Waals surface area contributed by atoms with Crippen LogP contribution in [0.3, 0.4) is 0 Å². The van der Waals surface area contributed by atoms with E-state index in [-0.39, 0.29) is 18.4 Å². The van der Waals surface area contributed by atoms with Gasteiger partial charge in [-0.2, -0.15) is 13.2 Å². The van der Waals surface area contributed by atoms with Gasteiger partial charge in [-0.05, 0) is 36.8 Å². The lowest BCUT2D eigenvalue weighted by Crippen LogP contribution is -2.29. The van der Waals surface area contributed by atoms with Crippen LogP contribution in [0.2, 0.25) is 0 Å². The Morgan fingerprint density at radius 2 is 1.88 bits per heavy atom. The van der Waals surface area contributed by atoms with Gasteiger partial charge in [-0.3, -0.25) is 9.20 Å². The molecule has 0 saturated heterocycles. The number of benzene rings is 1. The molecule has 3 rings (SSSR count). The minimum absolute atomic E-state index is 0.0147. The van der Waals surface area contributed by atoms with Crippen molar-refractivity contribution in [2.24, 2.45) is 0 Å². The van der Waals surface area contributed by atoms with Gasteiger partial charge in [0.25, 0.3) is 0 Å². The van der Waals surface area contributed by atoms with Crippen LogP contribution in [0.25, 0.3) is 5.65 Å². The third kappa shape index (κ3) is 3.78. The molecule has 0 aliphatic heterocycles. The monoisotopic (exact) mass is 348 g/mol. The van der Waals surface area contributed by atoms with Crippen LogP contribution in [-0.2, 0) is 17.4 Å². The second-order valence-electron chi connectivity index (χ2n) is 5.65. The van der Waals surface area contributed by atoms with Gasteiger partial charge >= 0.3 is 6.18 Å². The quantitative estimate of drug-likeness (QED) is 0.788. The summed E-state index contributed by atoms with van der Waals surface area (Å²) in [5.41, 5.74) is 0.435. The molecule has 0 fully saturated rings. The Bertz CT molecular complexity index is 887. The highest BCUT2D eigenvalue weighted by Crippen LogP contribution is 2.29. The van der Waals surface area contributed by atoms with E-state index >= 15 is 0 Å². The standard InChI is InChI=1S/C17H15F3N4O/c1-11(16-23-22-14-4-2-3-9-24(14)16)21-15(25)10-12-5-7-13(8-6-12)17(18,19)20/h2-9,11H,10H2,1H3,(H,21,25). The highest BCUT2D eigenvalue weighted by molar-refractivity contribution is 5.78. The summed E-state index contributed by atoms with van der Waals surface area (Å²) in [6, 6.07) is 9.63. The van der Waals surface area contributed by atoms with E-state index in [0.717, 1.165) is 12.1 Å². The average molecular weight is 348 g/mol. The van der Waals surface area contributed by atoms with Gasteiger partial charge in [-0.25, -0.2) is 0 Å². The molecule has 0 radical (unpaired) electrons. The second-order valence-corrected chi connectivity index (χ2v) is 5.65. The van der Waals surface area contributed by atoms with Gasteiger partial charge in [0.05, 0.1) is 18.0 Å². The molecule has 1 N–H and O–H groups in total.